The SMILES string of the molecule is O=C(Nc1c(F)cccc1C(=O)O)c1n[nH]c(C2CC2)n1. The van der Waals surface area contributed by atoms with E-state index in [1.807, 2.05) is 0 Å². The molecule has 0 saturated heterocycles. The lowest BCUT2D eigenvalue weighted by molar-refractivity contribution is 0.0697. The molecule has 3 rings (SSSR count). The molecule has 1 aromatic heterocycles. The van der Waals surface area contributed by atoms with Gasteiger partial charge in [0, 0.05) is 5.92 Å². The van der Waals surface area contributed by atoms with Crippen molar-refractivity contribution in [3.63, 3.8) is 0 Å². The summed E-state index contributed by atoms with van der Waals surface area (Å²) in [5.41, 5.74) is -0.728. The smallest absolute Gasteiger partial charge is 0.337 e. The van der Waals surface area contributed by atoms with E-state index in [-0.39, 0.29) is 11.4 Å². The topological polar surface area (TPSA) is 108 Å². The van der Waals surface area contributed by atoms with Crippen molar-refractivity contribution in [1.29, 1.82) is 0 Å². The average molecular weight is 290 g/mol. The van der Waals surface area contributed by atoms with Crippen LogP contribution in [0.25, 0.3) is 0 Å². The van der Waals surface area contributed by atoms with Crippen molar-refractivity contribution in [3.05, 3.63) is 41.2 Å². The van der Waals surface area contributed by atoms with Crippen molar-refractivity contribution in [2.45, 2.75) is 18.8 Å². The number of halogens is 1. The molecule has 3 N–H and O–H groups in total. The summed E-state index contributed by atoms with van der Waals surface area (Å²) in [5, 5.41) is 17.6. The average Bonchev–Trinajstić information content (AvgIpc) is 3.18. The molecule has 0 unspecified atom stereocenters. The molecule has 1 amide bonds. The van der Waals surface area contributed by atoms with E-state index in [1.54, 1.807) is 0 Å². The van der Waals surface area contributed by atoms with Gasteiger partial charge in [0.15, 0.2) is 0 Å². The molecule has 0 aliphatic heterocycles. The number of aromatic nitrogens is 3. The molecular formula is C13H11FN4O3. The van der Waals surface area contributed by atoms with Crippen LogP contribution in [0.1, 0.15) is 45.6 Å². The Hall–Kier alpha value is -2.77. The lowest BCUT2D eigenvalue weighted by Crippen LogP contribution is -2.17. The quantitative estimate of drug-likeness (QED) is 0.795. The van der Waals surface area contributed by atoms with Crippen LogP contribution >= 0.6 is 0 Å². The molecule has 2 aromatic rings. The molecule has 21 heavy (non-hydrogen) atoms. The van der Waals surface area contributed by atoms with Crippen LogP contribution in [0, 0.1) is 5.82 Å². The molecule has 8 heteroatoms. The van der Waals surface area contributed by atoms with Crippen LogP contribution in [0.3, 0.4) is 0 Å². The Morgan fingerprint density at radius 3 is 2.81 bits per heavy atom. The number of carboxylic acid groups (broad SMARTS) is 1. The highest BCUT2D eigenvalue weighted by atomic mass is 19.1. The number of carbonyl (C=O) groups is 2. The van der Waals surface area contributed by atoms with Crippen molar-refractivity contribution in [1.82, 2.24) is 15.2 Å². The summed E-state index contributed by atoms with van der Waals surface area (Å²) in [4.78, 5) is 27.0. The number of hydrogen-bond donors (Lipinski definition) is 3. The van der Waals surface area contributed by atoms with Crippen LogP contribution in [0.15, 0.2) is 18.2 Å². The fourth-order valence-corrected chi connectivity index (χ4v) is 1.91. The Kier molecular flexibility index (Phi) is 3.13. The molecule has 1 fully saturated rings. The van der Waals surface area contributed by atoms with Gasteiger partial charge in [0.05, 0.1) is 11.3 Å². The van der Waals surface area contributed by atoms with E-state index < -0.39 is 23.4 Å². The predicted molar refractivity (Wildman–Crippen MR) is 69.7 cm³/mol. The van der Waals surface area contributed by atoms with Gasteiger partial charge >= 0.3 is 5.97 Å². The number of aromatic amines is 1. The van der Waals surface area contributed by atoms with Crippen molar-refractivity contribution >= 4 is 17.6 Å². The molecule has 0 atom stereocenters. The number of hydrogen-bond acceptors (Lipinski definition) is 4. The number of benzene rings is 1. The highest BCUT2D eigenvalue weighted by Crippen LogP contribution is 2.37. The van der Waals surface area contributed by atoms with Crippen molar-refractivity contribution in [3.8, 4) is 0 Å². The monoisotopic (exact) mass is 290 g/mol. The summed E-state index contributed by atoms with van der Waals surface area (Å²) in [6.07, 6.45) is 1.99. The Bertz CT molecular complexity index is 724. The summed E-state index contributed by atoms with van der Waals surface area (Å²) >= 11 is 0. The molecule has 1 aliphatic carbocycles. The Balaban J connectivity index is 1.85. The summed E-state index contributed by atoms with van der Waals surface area (Å²) in [6, 6.07) is 3.52. The van der Waals surface area contributed by atoms with E-state index >= 15 is 0 Å². The fraction of sp³-hybridized carbons (Fsp3) is 0.231. The predicted octanol–water partition coefficient (Wildman–Crippen LogP) is 1.77. The van der Waals surface area contributed by atoms with E-state index in [9.17, 15) is 14.0 Å². The fourth-order valence-electron chi connectivity index (χ4n) is 1.91. The summed E-state index contributed by atoms with van der Waals surface area (Å²) in [7, 11) is 0. The first kappa shape index (κ1) is 13.2. The number of nitrogens with zero attached hydrogens (tertiary/aromatic N) is 2. The van der Waals surface area contributed by atoms with Gasteiger partial charge in [0.1, 0.15) is 11.6 Å². The van der Waals surface area contributed by atoms with Gasteiger partial charge in [-0.05, 0) is 25.0 Å². The highest BCUT2D eigenvalue weighted by molar-refractivity contribution is 6.06. The molecule has 1 aliphatic rings. The molecule has 1 aromatic carbocycles. The molecule has 7 nitrogen and oxygen atoms in total. The maximum Gasteiger partial charge on any atom is 0.337 e. The van der Waals surface area contributed by atoms with E-state index in [0.717, 1.165) is 18.9 Å². The normalized spacial score (nSPS) is 14.0. The number of H-pyrrole nitrogens is 1. The lowest BCUT2D eigenvalue weighted by Gasteiger charge is -2.07. The zero-order chi connectivity index (χ0) is 15.0. The maximum absolute atomic E-state index is 13.7. The second-order valence-electron chi connectivity index (χ2n) is 4.74. The van der Waals surface area contributed by atoms with Crippen LogP contribution in [-0.2, 0) is 0 Å². The van der Waals surface area contributed by atoms with Gasteiger partial charge in [-0.25, -0.2) is 14.2 Å². The number of amides is 1. The molecular weight excluding hydrogens is 279 g/mol. The number of para-hydroxylation sites is 1. The van der Waals surface area contributed by atoms with Crippen LogP contribution in [0.2, 0.25) is 0 Å². The standard InChI is InChI=1S/C13H11FN4O3/c14-8-3-1-2-7(13(20)21)9(8)15-12(19)11-16-10(17-18-11)6-4-5-6/h1-3,6H,4-5H2,(H,15,19)(H,20,21)(H,16,17,18). The first-order valence-electron chi connectivity index (χ1n) is 6.31. The number of rotatable bonds is 4. The van der Waals surface area contributed by atoms with Crippen LogP contribution in [-0.4, -0.2) is 32.2 Å². The zero-order valence-corrected chi connectivity index (χ0v) is 10.8. The first-order chi connectivity index (χ1) is 10.1. The Labute approximate surface area is 118 Å². The third kappa shape index (κ3) is 2.60. The number of carboxylic acids is 1. The summed E-state index contributed by atoms with van der Waals surface area (Å²) < 4.78 is 13.7. The minimum atomic E-state index is -1.33. The van der Waals surface area contributed by atoms with Crippen LogP contribution in [0.5, 0.6) is 0 Å². The van der Waals surface area contributed by atoms with Gasteiger partial charge in [0.25, 0.3) is 5.91 Å². The third-order valence-corrected chi connectivity index (χ3v) is 3.15. The largest absolute Gasteiger partial charge is 0.478 e. The number of carbonyl (C=O) groups excluding carboxylic acids is 1. The Morgan fingerprint density at radius 2 is 2.14 bits per heavy atom. The molecule has 1 heterocycles. The van der Waals surface area contributed by atoms with Crippen molar-refractivity contribution < 1.29 is 19.1 Å². The second kappa shape index (κ2) is 4.97. The van der Waals surface area contributed by atoms with Crippen molar-refractivity contribution in [2.75, 3.05) is 5.32 Å². The van der Waals surface area contributed by atoms with E-state index in [4.69, 9.17) is 5.11 Å². The summed E-state index contributed by atoms with van der Waals surface area (Å²) in [6.45, 7) is 0. The maximum atomic E-state index is 13.7. The van der Waals surface area contributed by atoms with Gasteiger partial charge in [-0.2, -0.15) is 0 Å². The minimum absolute atomic E-state index is 0.142. The van der Waals surface area contributed by atoms with Crippen LogP contribution in [0.4, 0.5) is 10.1 Å². The van der Waals surface area contributed by atoms with E-state index in [2.05, 4.69) is 20.5 Å². The van der Waals surface area contributed by atoms with Gasteiger partial charge in [-0.15, -0.1) is 5.10 Å². The van der Waals surface area contributed by atoms with Gasteiger partial charge in [0.2, 0.25) is 5.82 Å². The highest BCUT2D eigenvalue weighted by Gasteiger charge is 2.28. The third-order valence-electron chi connectivity index (χ3n) is 3.15. The van der Waals surface area contributed by atoms with Gasteiger partial charge in [-0.1, -0.05) is 6.07 Å². The van der Waals surface area contributed by atoms with Crippen LogP contribution < -0.4 is 5.32 Å². The van der Waals surface area contributed by atoms with Gasteiger partial charge in [-0.3, -0.25) is 9.89 Å². The molecule has 0 bridgehead atoms. The number of aromatic carboxylic acids is 1. The first-order valence-corrected chi connectivity index (χ1v) is 6.31. The molecule has 0 radical (unpaired) electrons. The van der Waals surface area contributed by atoms with Crippen molar-refractivity contribution in [2.24, 2.45) is 0 Å². The lowest BCUT2D eigenvalue weighted by atomic mass is 10.1. The zero-order valence-electron chi connectivity index (χ0n) is 10.8. The minimum Gasteiger partial charge on any atom is -0.478 e. The number of anilines is 1. The van der Waals surface area contributed by atoms with E-state index in [1.165, 1.54) is 12.1 Å². The Morgan fingerprint density at radius 1 is 1.38 bits per heavy atom. The molecule has 0 spiro atoms. The summed E-state index contributed by atoms with van der Waals surface area (Å²) in [5.74, 6) is -2.16. The molecule has 1 saturated carbocycles. The second-order valence-corrected chi connectivity index (χ2v) is 4.74. The van der Waals surface area contributed by atoms with E-state index in [0.29, 0.717) is 11.7 Å². The van der Waals surface area contributed by atoms with Gasteiger partial charge < -0.3 is 10.4 Å². The molecule has 108 valence electrons. The number of nitrogens with one attached hydrogen (secondary N) is 2.